The maximum Gasteiger partial charge on any atom is 0.234 e. The highest BCUT2D eigenvalue weighted by Crippen LogP contribution is 2.12. The van der Waals surface area contributed by atoms with Crippen LogP contribution >= 0.6 is 0 Å². The van der Waals surface area contributed by atoms with E-state index >= 15 is 0 Å². The molecular weight excluding hydrogens is 224 g/mol. The summed E-state index contributed by atoms with van der Waals surface area (Å²) in [7, 11) is 0. The summed E-state index contributed by atoms with van der Waals surface area (Å²) in [6.07, 6.45) is 0. The van der Waals surface area contributed by atoms with Crippen LogP contribution in [0.4, 0.5) is 0 Å². The molecule has 0 saturated heterocycles. The van der Waals surface area contributed by atoms with Crippen LogP contribution in [0.5, 0.6) is 0 Å². The maximum absolute atomic E-state index is 11.8. The molecule has 0 heterocycles. The minimum atomic E-state index is -0.0373. The van der Waals surface area contributed by atoms with Gasteiger partial charge in [-0.3, -0.25) is 4.79 Å². The second kappa shape index (κ2) is 6.01. The van der Waals surface area contributed by atoms with E-state index in [-0.39, 0.29) is 17.5 Å². The minimum absolute atomic E-state index is 0.0259. The molecule has 1 atom stereocenters. The number of rotatable bonds is 4. The lowest BCUT2D eigenvalue weighted by molar-refractivity contribution is -0.121. The molecule has 0 fully saturated rings. The summed E-state index contributed by atoms with van der Waals surface area (Å²) in [6, 6.07) is 8.27. The molecule has 1 amide bonds. The van der Waals surface area contributed by atoms with Crippen molar-refractivity contribution in [2.45, 2.75) is 46.2 Å². The van der Waals surface area contributed by atoms with Crippen molar-refractivity contribution in [2.75, 3.05) is 6.54 Å². The first-order valence-corrected chi connectivity index (χ1v) is 6.39. The average Bonchev–Trinajstić information content (AvgIpc) is 2.26. The Morgan fingerprint density at radius 3 is 2.28 bits per heavy atom. The van der Waals surface area contributed by atoms with Crippen LogP contribution in [0.3, 0.4) is 0 Å². The Bertz CT molecular complexity index is 390. The third kappa shape index (κ3) is 5.32. The van der Waals surface area contributed by atoms with Crippen LogP contribution in [0.1, 0.15) is 44.9 Å². The van der Waals surface area contributed by atoms with Gasteiger partial charge in [0.25, 0.3) is 0 Å². The Labute approximate surface area is 110 Å². The highest BCUT2D eigenvalue weighted by Gasteiger charge is 2.13. The summed E-state index contributed by atoms with van der Waals surface area (Å²) in [6.45, 7) is 10.5. The van der Waals surface area contributed by atoms with E-state index < -0.39 is 0 Å². The topological polar surface area (TPSA) is 41.1 Å². The van der Waals surface area contributed by atoms with E-state index in [1.54, 1.807) is 0 Å². The van der Waals surface area contributed by atoms with Crippen molar-refractivity contribution in [2.24, 2.45) is 0 Å². The van der Waals surface area contributed by atoms with Crippen molar-refractivity contribution >= 4 is 5.91 Å². The molecule has 3 heteroatoms. The molecule has 3 nitrogen and oxygen atoms in total. The van der Waals surface area contributed by atoms with Crippen LogP contribution in [-0.4, -0.2) is 18.0 Å². The van der Waals surface area contributed by atoms with Crippen molar-refractivity contribution in [3.63, 3.8) is 0 Å². The van der Waals surface area contributed by atoms with Crippen molar-refractivity contribution in [3.05, 3.63) is 35.4 Å². The number of nitrogens with one attached hydrogen (secondary N) is 2. The average molecular weight is 248 g/mol. The van der Waals surface area contributed by atoms with Crippen LogP contribution in [-0.2, 0) is 4.79 Å². The van der Waals surface area contributed by atoms with Gasteiger partial charge in [-0.05, 0) is 40.2 Å². The summed E-state index contributed by atoms with van der Waals surface area (Å²) in [5.74, 6) is 0.0259. The van der Waals surface area contributed by atoms with Crippen LogP contribution in [0.2, 0.25) is 0 Å². The van der Waals surface area contributed by atoms with Gasteiger partial charge < -0.3 is 10.6 Å². The van der Waals surface area contributed by atoms with Gasteiger partial charge in [0, 0.05) is 5.54 Å². The highest BCUT2D eigenvalue weighted by atomic mass is 16.1. The summed E-state index contributed by atoms with van der Waals surface area (Å²) in [5.41, 5.74) is 2.32. The summed E-state index contributed by atoms with van der Waals surface area (Å²) in [4.78, 5) is 11.8. The lowest BCUT2D eigenvalue weighted by Gasteiger charge is -2.21. The second-order valence-electron chi connectivity index (χ2n) is 5.80. The van der Waals surface area contributed by atoms with E-state index in [0.717, 1.165) is 5.56 Å². The van der Waals surface area contributed by atoms with Gasteiger partial charge in [0.05, 0.1) is 12.6 Å². The number of benzene rings is 1. The van der Waals surface area contributed by atoms with Crippen molar-refractivity contribution in [3.8, 4) is 0 Å². The minimum Gasteiger partial charge on any atom is -0.348 e. The van der Waals surface area contributed by atoms with E-state index in [0.29, 0.717) is 6.54 Å². The number of hydrogen-bond acceptors (Lipinski definition) is 2. The van der Waals surface area contributed by atoms with E-state index in [9.17, 15) is 4.79 Å². The van der Waals surface area contributed by atoms with Crippen molar-refractivity contribution in [1.29, 1.82) is 0 Å². The van der Waals surface area contributed by atoms with Crippen molar-refractivity contribution < 1.29 is 4.79 Å². The van der Waals surface area contributed by atoms with Gasteiger partial charge in [0.1, 0.15) is 0 Å². The van der Waals surface area contributed by atoms with Gasteiger partial charge in [0.15, 0.2) is 0 Å². The Kier molecular flexibility index (Phi) is 4.91. The molecule has 0 aliphatic heterocycles. The highest BCUT2D eigenvalue weighted by molar-refractivity contribution is 5.78. The summed E-state index contributed by atoms with van der Waals surface area (Å²) < 4.78 is 0. The fourth-order valence-electron chi connectivity index (χ4n) is 1.58. The first kappa shape index (κ1) is 14.7. The molecule has 0 aromatic heterocycles. The summed E-state index contributed by atoms with van der Waals surface area (Å²) in [5, 5.41) is 6.16. The summed E-state index contributed by atoms with van der Waals surface area (Å²) >= 11 is 0. The van der Waals surface area contributed by atoms with E-state index in [2.05, 4.69) is 41.8 Å². The third-order valence-corrected chi connectivity index (χ3v) is 2.73. The zero-order valence-corrected chi connectivity index (χ0v) is 12.0. The lowest BCUT2D eigenvalue weighted by Crippen LogP contribution is -2.43. The fourth-order valence-corrected chi connectivity index (χ4v) is 1.58. The molecule has 1 rings (SSSR count). The first-order chi connectivity index (χ1) is 8.28. The Morgan fingerprint density at radius 2 is 1.78 bits per heavy atom. The fraction of sp³-hybridized carbons (Fsp3) is 0.533. The molecule has 100 valence electrons. The molecule has 0 aliphatic carbocycles. The number of carbonyl (C=O) groups excluding carboxylic acids is 1. The molecule has 0 aliphatic rings. The molecule has 0 spiro atoms. The monoisotopic (exact) mass is 248 g/mol. The van der Waals surface area contributed by atoms with E-state index in [4.69, 9.17) is 0 Å². The molecule has 0 radical (unpaired) electrons. The third-order valence-electron chi connectivity index (χ3n) is 2.73. The standard InChI is InChI=1S/C15H24N2O/c1-11-6-8-13(9-7-11)12(2)17-14(18)10-16-15(3,4)5/h6-9,12,16H,10H2,1-5H3,(H,17,18)/t12-/m0/s1. The first-order valence-electron chi connectivity index (χ1n) is 6.39. The number of hydrogen-bond donors (Lipinski definition) is 2. The lowest BCUT2D eigenvalue weighted by atomic mass is 10.1. The molecule has 1 aromatic carbocycles. The zero-order valence-electron chi connectivity index (χ0n) is 12.0. The van der Waals surface area contributed by atoms with Gasteiger partial charge >= 0.3 is 0 Å². The van der Waals surface area contributed by atoms with Crippen LogP contribution in [0.15, 0.2) is 24.3 Å². The largest absolute Gasteiger partial charge is 0.348 e. The number of aryl methyl sites for hydroxylation is 1. The van der Waals surface area contributed by atoms with Crippen LogP contribution in [0, 0.1) is 6.92 Å². The molecular formula is C15H24N2O. The predicted molar refractivity (Wildman–Crippen MR) is 75.5 cm³/mol. The zero-order chi connectivity index (χ0) is 13.8. The van der Waals surface area contributed by atoms with Gasteiger partial charge in [-0.1, -0.05) is 29.8 Å². The SMILES string of the molecule is Cc1ccc([C@H](C)NC(=O)CNC(C)(C)C)cc1. The van der Waals surface area contributed by atoms with Gasteiger partial charge in [-0.15, -0.1) is 0 Å². The Morgan fingerprint density at radius 1 is 1.22 bits per heavy atom. The maximum atomic E-state index is 11.8. The number of carbonyl (C=O) groups is 1. The molecule has 2 N–H and O–H groups in total. The van der Waals surface area contributed by atoms with Crippen molar-refractivity contribution in [1.82, 2.24) is 10.6 Å². The number of amides is 1. The predicted octanol–water partition coefficient (Wildman–Crippen LogP) is 2.56. The quantitative estimate of drug-likeness (QED) is 0.860. The smallest absolute Gasteiger partial charge is 0.234 e. The van der Waals surface area contributed by atoms with E-state index in [1.165, 1.54) is 5.56 Å². The normalized spacial score (nSPS) is 13.2. The molecule has 0 unspecified atom stereocenters. The second-order valence-corrected chi connectivity index (χ2v) is 5.80. The van der Waals surface area contributed by atoms with Gasteiger partial charge in [0.2, 0.25) is 5.91 Å². The Hall–Kier alpha value is -1.35. The molecule has 0 bridgehead atoms. The molecule has 18 heavy (non-hydrogen) atoms. The molecule has 0 saturated carbocycles. The Balaban J connectivity index is 2.47. The van der Waals surface area contributed by atoms with Crippen LogP contribution < -0.4 is 10.6 Å². The molecule has 1 aromatic rings. The van der Waals surface area contributed by atoms with Gasteiger partial charge in [-0.2, -0.15) is 0 Å². The van der Waals surface area contributed by atoms with Crippen LogP contribution in [0.25, 0.3) is 0 Å². The van der Waals surface area contributed by atoms with E-state index in [1.807, 2.05) is 27.7 Å². The van der Waals surface area contributed by atoms with Gasteiger partial charge in [-0.25, -0.2) is 0 Å².